The van der Waals surface area contributed by atoms with Crippen LogP contribution in [0.4, 0.5) is 0 Å². The summed E-state index contributed by atoms with van der Waals surface area (Å²) in [5.41, 5.74) is 0.906. The van der Waals surface area contributed by atoms with E-state index in [2.05, 4.69) is 15.9 Å². The lowest BCUT2D eigenvalue weighted by Crippen LogP contribution is -2.31. The molecule has 1 aliphatic heterocycles. The van der Waals surface area contributed by atoms with E-state index >= 15 is 0 Å². The van der Waals surface area contributed by atoms with E-state index in [1.165, 1.54) is 12.2 Å². The number of carbonyl (C=O) groups is 1. The Hall–Kier alpha value is -1.07. The molecule has 0 N–H and O–H groups in total. The molecule has 1 aliphatic rings. The topological polar surface area (TPSA) is 38.8 Å². The summed E-state index contributed by atoms with van der Waals surface area (Å²) in [4.78, 5) is 16.8. The van der Waals surface area contributed by atoms with Crippen molar-refractivity contribution < 1.29 is 14.4 Å². The SMILES string of the molecule is CON(C)C(=O)[C@H]1COc2ccc(Br)cc21. The van der Waals surface area contributed by atoms with Crippen molar-refractivity contribution in [3.8, 4) is 5.75 Å². The third-order valence-corrected chi connectivity index (χ3v) is 3.13. The lowest BCUT2D eigenvalue weighted by Gasteiger charge is -2.17. The molecule has 0 fully saturated rings. The fraction of sp³-hybridized carbons (Fsp3) is 0.364. The average Bonchev–Trinajstić information content (AvgIpc) is 2.69. The molecule has 1 amide bonds. The molecule has 0 bridgehead atoms. The first-order valence-electron chi connectivity index (χ1n) is 4.87. The molecule has 0 saturated heterocycles. The minimum Gasteiger partial charge on any atom is -0.492 e. The van der Waals surface area contributed by atoms with Gasteiger partial charge in [0.1, 0.15) is 18.3 Å². The van der Waals surface area contributed by atoms with E-state index in [1.54, 1.807) is 7.05 Å². The first-order valence-corrected chi connectivity index (χ1v) is 5.66. The van der Waals surface area contributed by atoms with Gasteiger partial charge in [0.2, 0.25) is 0 Å². The van der Waals surface area contributed by atoms with Crippen LogP contribution in [0.5, 0.6) is 5.75 Å². The first-order chi connectivity index (χ1) is 7.63. The summed E-state index contributed by atoms with van der Waals surface area (Å²) < 4.78 is 6.40. The van der Waals surface area contributed by atoms with Crippen LogP contribution < -0.4 is 4.74 Å². The summed E-state index contributed by atoms with van der Waals surface area (Å²) >= 11 is 3.38. The van der Waals surface area contributed by atoms with Crippen LogP contribution in [0.3, 0.4) is 0 Å². The molecule has 0 saturated carbocycles. The zero-order valence-corrected chi connectivity index (χ0v) is 10.7. The zero-order valence-electron chi connectivity index (χ0n) is 9.07. The number of amides is 1. The molecule has 1 aromatic rings. The molecule has 16 heavy (non-hydrogen) atoms. The Morgan fingerprint density at radius 2 is 2.38 bits per heavy atom. The van der Waals surface area contributed by atoms with Gasteiger partial charge >= 0.3 is 0 Å². The van der Waals surface area contributed by atoms with Gasteiger partial charge in [0.05, 0.1) is 7.11 Å². The number of hydrogen-bond acceptors (Lipinski definition) is 3. The van der Waals surface area contributed by atoms with Crippen LogP contribution >= 0.6 is 15.9 Å². The fourth-order valence-corrected chi connectivity index (χ4v) is 2.08. The number of rotatable bonds is 2. The van der Waals surface area contributed by atoms with Crippen LogP contribution in [0.15, 0.2) is 22.7 Å². The van der Waals surface area contributed by atoms with E-state index in [0.29, 0.717) is 6.61 Å². The highest BCUT2D eigenvalue weighted by Gasteiger charge is 2.32. The van der Waals surface area contributed by atoms with Gasteiger partial charge in [-0.3, -0.25) is 9.63 Å². The van der Waals surface area contributed by atoms with Crippen molar-refractivity contribution in [2.45, 2.75) is 5.92 Å². The molecule has 1 atom stereocenters. The van der Waals surface area contributed by atoms with Crippen LogP contribution in [-0.2, 0) is 9.63 Å². The van der Waals surface area contributed by atoms with Crippen molar-refractivity contribution >= 4 is 21.8 Å². The van der Waals surface area contributed by atoms with Crippen molar-refractivity contribution in [2.24, 2.45) is 0 Å². The Labute approximate surface area is 102 Å². The van der Waals surface area contributed by atoms with Gasteiger partial charge in [-0.25, -0.2) is 5.06 Å². The molecule has 86 valence electrons. The molecule has 2 rings (SSSR count). The lowest BCUT2D eigenvalue weighted by atomic mass is 10.0. The summed E-state index contributed by atoms with van der Waals surface area (Å²) in [5, 5.41) is 1.23. The quantitative estimate of drug-likeness (QED) is 0.780. The van der Waals surface area contributed by atoms with Crippen LogP contribution in [-0.4, -0.2) is 31.7 Å². The van der Waals surface area contributed by atoms with E-state index in [-0.39, 0.29) is 11.8 Å². The van der Waals surface area contributed by atoms with Crippen LogP contribution in [0.2, 0.25) is 0 Å². The Morgan fingerprint density at radius 1 is 1.62 bits per heavy atom. The molecule has 1 heterocycles. The van der Waals surface area contributed by atoms with Gasteiger partial charge < -0.3 is 4.74 Å². The summed E-state index contributed by atoms with van der Waals surface area (Å²) in [7, 11) is 3.06. The van der Waals surface area contributed by atoms with Crippen LogP contribution in [0.1, 0.15) is 11.5 Å². The molecule has 0 aromatic heterocycles. The Bertz CT molecular complexity index is 422. The summed E-state index contributed by atoms with van der Waals surface area (Å²) in [6.45, 7) is 0.373. The van der Waals surface area contributed by atoms with Crippen LogP contribution in [0, 0.1) is 0 Å². The van der Waals surface area contributed by atoms with E-state index in [4.69, 9.17) is 9.57 Å². The predicted octanol–water partition coefficient (Wildman–Crippen LogP) is 1.94. The molecule has 4 nitrogen and oxygen atoms in total. The van der Waals surface area contributed by atoms with E-state index in [1.807, 2.05) is 18.2 Å². The number of likely N-dealkylation sites (N-methyl/N-ethyl adjacent to an activating group) is 1. The van der Waals surface area contributed by atoms with Gasteiger partial charge in [0.25, 0.3) is 5.91 Å². The second-order valence-corrected chi connectivity index (χ2v) is 4.48. The van der Waals surface area contributed by atoms with Crippen molar-refractivity contribution in [3.05, 3.63) is 28.2 Å². The highest BCUT2D eigenvalue weighted by molar-refractivity contribution is 9.10. The van der Waals surface area contributed by atoms with E-state index in [0.717, 1.165) is 15.8 Å². The third-order valence-electron chi connectivity index (χ3n) is 2.64. The summed E-state index contributed by atoms with van der Waals surface area (Å²) in [6, 6.07) is 5.67. The number of nitrogens with zero attached hydrogens (tertiary/aromatic N) is 1. The highest BCUT2D eigenvalue weighted by Crippen LogP contribution is 2.36. The summed E-state index contributed by atoms with van der Waals surface area (Å²) in [5.74, 6) is 0.392. The van der Waals surface area contributed by atoms with Gasteiger partial charge in [-0.1, -0.05) is 15.9 Å². The van der Waals surface area contributed by atoms with Gasteiger partial charge in [0, 0.05) is 17.1 Å². The minimum atomic E-state index is -0.280. The van der Waals surface area contributed by atoms with Crippen molar-refractivity contribution in [2.75, 3.05) is 20.8 Å². The minimum absolute atomic E-state index is 0.0978. The average molecular weight is 286 g/mol. The number of fused-ring (bicyclic) bond motifs is 1. The lowest BCUT2D eigenvalue weighted by molar-refractivity contribution is -0.170. The molecule has 5 heteroatoms. The largest absolute Gasteiger partial charge is 0.492 e. The van der Waals surface area contributed by atoms with Crippen molar-refractivity contribution in [3.63, 3.8) is 0 Å². The normalized spacial score (nSPS) is 17.8. The van der Waals surface area contributed by atoms with Gasteiger partial charge in [-0.2, -0.15) is 0 Å². The van der Waals surface area contributed by atoms with Crippen molar-refractivity contribution in [1.82, 2.24) is 5.06 Å². The Balaban J connectivity index is 2.29. The molecule has 0 radical (unpaired) electrons. The molecule has 0 spiro atoms. The van der Waals surface area contributed by atoms with E-state index in [9.17, 15) is 4.79 Å². The standard InChI is InChI=1S/C11H12BrNO3/c1-13(15-2)11(14)9-6-16-10-4-3-7(12)5-8(9)10/h3-5,9H,6H2,1-2H3/t9-/m0/s1. The number of hydroxylamine groups is 2. The van der Waals surface area contributed by atoms with Gasteiger partial charge in [-0.15, -0.1) is 0 Å². The Kier molecular flexibility index (Phi) is 3.16. The maximum Gasteiger partial charge on any atom is 0.256 e. The van der Waals surface area contributed by atoms with Gasteiger partial charge in [0.15, 0.2) is 0 Å². The maximum atomic E-state index is 12.0. The molecular weight excluding hydrogens is 274 g/mol. The number of halogens is 1. The second-order valence-electron chi connectivity index (χ2n) is 3.56. The summed E-state index contributed by atoms with van der Waals surface area (Å²) in [6.07, 6.45) is 0. The monoisotopic (exact) mass is 285 g/mol. The van der Waals surface area contributed by atoms with Crippen LogP contribution in [0.25, 0.3) is 0 Å². The molecule has 0 unspecified atom stereocenters. The fourth-order valence-electron chi connectivity index (χ4n) is 1.70. The third kappa shape index (κ3) is 1.92. The smallest absolute Gasteiger partial charge is 0.256 e. The number of carbonyl (C=O) groups excluding carboxylic acids is 1. The maximum absolute atomic E-state index is 12.0. The molecular formula is C11H12BrNO3. The molecule has 0 aliphatic carbocycles. The zero-order chi connectivity index (χ0) is 11.7. The second kappa shape index (κ2) is 4.43. The number of hydrogen-bond donors (Lipinski definition) is 0. The first kappa shape index (κ1) is 11.4. The number of ether oxygens (including phenoxy) is 1. The predicted molar refractivity (Wildman–Crippen MR) is 62.2 cm³/mol. The van der Waals surface area contributed by atoms with Crippen molar-refractivity contribution in [1.29, 1.82) is 0 Å². The molecule has 1 aromatic carbocycles. The highest BCUT2D eigenvalue weighted by atomic mass is 79.9. The Morgan fingerprint density at radius 3 is 3.06 bits per heavy atom. The van der Waals surface area contributed by atoms with E-state index < -0.39 is 0 Å². The van der Waals surface area contributed by atoms with Gasteiger partial charge in [-0.05, 0) is 18.2 Å². The number of benzene rings is 1.